The number of nitrogens with one attached hydrogen (secondary N) is 1. The molecule has 1 aliphatic heterocycles. The van der Waals surface area contributed by atoms with Crippen molar-refractivity contribution in [3.63, 3.8) is 0 Å². The van der Waals surface area contributed by atoms with Crippen molar-refractivity contribution in [2.75, 3.05) is 13.1 Å². The fourth-order valence-corrected chi connectivity index (χ4v) is 4.19. The summed E-state index contributed by atoms with van der Waals surface area (Å²) in [5.74, 6) is -1.51. The fraction of sp³-hybridized carbons (Fsp3) is 0.450. The highest BCUT2D eigenvalue weighted by atomic mass is 15.2. The van der Waals surface area contributed by atoms with Crippen LogP contribution in [0.25, 0.3) is 0 Å². The minimum atomic E-state index is -1.66. The van der Waals surface area contributed by atoms with Gasteiger partial charge in [0, 0.05) is 43.4 Å². The van der Waals surface area contributed by atoms with Crippen LogP contribution in [0.4, 0.5) is 0 Å². The van der Waals surface area contributed by atoms with Crippen molar-refractivity contribution in [3.05, 3.63) is 41.7 Å². The molecule has 130 valence electrons. The quantitative estimate of drug-likeness (QED) is 0.829. The number of fused-ring (bicyclic) bond motifs is 1. The molecule has 2 aliphatic rings. The molecular weight excluding hydrogens is 324 g/mol. The Morgan fingerprint density at radius 3 is 2.58 bits per heavy atom. The van der Waals surface area contributed by atoms with Gasteiger partial charge in [0.1, 0.15) is 5.92 Å². The van der Waals surface area contributed by atoms with Crippen LogP contribution >= 0.6 is 0 Å². The second-order valence-electron chi connectivity index (χ2n) is 7.13. The third kappa shape index (κ3) is 2.49. The molecule has 0 amide bonds. The Bertz CT molecular complexity index is 850. The summed E-state index contributed by atoms with van der Waals surface area (Å²) in [7, 11) is 0. The number of hydrogen-bond acceptors (Lipinski definition) is 6. The minimum Gasteiger partial charge on any atom is -0.305 e. The Balaban J connectivity index is 2.23. The molecule has 1 aromatic rings. The summed E-state index contributed by atoms with van der Waals surface area (Å²) in [6.45, 7) is 5.57. The van der Waals surface area contributed by atoms with Crippen LogP contribution in [0.1, 0.15) is 25.3 Å². The van der Waals surface area contributed by atoms with Crippen molar-refractivity contribution in [3.8, 4) is 18.2 Å². The van der Waals surface area contributed by atoms with Crippen LogP contribution in [0.3, 0.4) is 0 Å². The lowest BCUT2D eigenvalue weighted by molar-refractivity contribution is 0.171. The van der Waals surface area contributed by atoms with Gasteiger partial charge in [-0.15, -0.1) is 0 Å². The Morgan fingerprint density at radius 2 is 2.04 bits per heavy atom. The van der Waals surface area contributed by atoms with E-state index in [4.69, 9.17) is 5.41 Å². The van der Waals surface area contributed by atoms with E-state index in [9.17, 15) is 15.8 Å². The summed E-state index contributed by atoms with van der Waals surface area (Å²) in [5, 5.41) is 38.1. The second-order valence-corrected chi connectivity index (χ2v) is 7.13. The third-order valence-electron chi connectivity index (χ3n) is 5.59. The molecule has 26 heavy (non-hydrogen) atoms. The van der Waals surface area contributed by atoms with Crippen molar-refractivity contribution in [1.82, 2.24) is 9.88 Å². The highest BCUT2D eigenvalue weighted by Gasteiger charge is 2.57. The molecule has 1 fully saturated rings. The molecule has 1 saturated carbocycles. The predicted octanol–water partition coefficient (Wildman–Crippen LogP) is 2.64. The summed E-state index contributed by atoms with van der Waals surface area (Å²) in [4.78, 5) is 6.43. The Morgan fingerprint density at radius 1 is 1.31 bits per heavy atom. The first-order valence-electron chi connectivity index (χ1n) is 8.65. The zero-order valence-electron chi connectivity index (χ0n) is 14.8. The van der Waals surface area contributed by atoms with Gasteiger partial charge >= 0.3 is 0 Å². The third-order valence-corrected chi connectivity index (χ3v) is 5.59. The van der Waals surface area contributed by atoms with E-state index in [1.54, 1.807) is 18.5 Å². The Kier molecular flexibility index (Phi) is 4.60. The maximum atomic E-state index is 9.95. The van der Waals surface area contributed by atoms with Gasteiger partial charge in [-0.3, -0.25) is 9.88 Å². The van der Waals surface area contributed by atoms with E-state index in [2.05, 4.69) is 41.9 Å². The number of hydrogen-bond donors (Lipinski definition) is 1. The Labute approximate surface area is 153 Å². The normalized spacial score (nSPS) is 27.6. The monoisotopic (exact) mass is 344 g/mol. The first-order valence-corrected chi connectivity index (χ1v) is 8.65. The largest absolute Gasteiger partial charge is 0.305 e. The molecule has 2 heterocycles. The van der Waals surface area contributed by atoms with Gasteiger partial charge in [-0.25, -0.2) is 0 Å². The molecular formula is C20H20N6. The van der Waals surface area contributed by atoms with Crippen LogP contribution in [0, 0.1) is 56.7 Å². The first-order chi connectivity index (χ1) is 12.5. The van der Waals surface area contributed by atoms with Crippen LogP contribution in [0.5, 0.6) is 0 Å². The average Bonchev–Trinajstić information content (AvgIpc) is 2.67. The summed E-state index contributed by atoms with van der Waals surface area (Å²) < 4.78 is 0. The van der Waals surface area contributed by atoms with Gasteiger partial charge < -0.3 is 5.41 Å². The second kappa shape index (κ2) is 6.71. The number of nitrogens with zero attached hydrogens (tertiary/aromatic N) is 5. The van der Waals surface area contributed by atoms with E-state index in [0.29, 0.717) is 19.1 Å². The van der Waals surface area contributed by atoms with Gasteiger partial charge in [-0.05, 0) is 31.1 Å². The zero-order chi connectivity index (χ0) is 18.9. The molecule has 0 spiro atoms. The van der Waals surface area contributed by atoms with Gasteiger partial charge in [0.15, 0.2) is 5.41 Å². The summed E-state index contributed by atoms with van der Waals surface area (Å²) in [6.07, 6.45) is 5.33. The zero-order valence-corrected chi connectivity index (χ0v) is 14.8. The highest BCUT2D eigenvalue weighted by molar-refractivity contribution is 6.00. The number of pyridine rings is 1. The molecule has 1 unspecified atom stereocenters. The van der Waals surface area contributed by atoms with Crippen molar-refractivity contribution in [2.24, 2.45) is 17.3 Å². The molecule has 3 atom stereocenters. The van der Waals surface area contributed by atoms with E-state index in [-0.39, 0.29) is 11.6 Å². The van der Waals surface area contributed by atoms with E-state index < -0.39 is 17.3 Å². The van der Waals surface area contributed by atoms with Crippen LogP contribution in [-0.2, 0) is 0 Å². The van der Waals surface area contributed by atoms with Gasteiger partial charge in [-0.2, -0.15) is 15.8 Å². The number of nitriles is 3. The first kappa shape index (κ1) is 17.8. The van der Waals surface area contributed by atoms with Crippen molar-refractivity contribution in [2.45, 2.75) is 25.8 Å². The highest BCUT2D eigenvalue weighted by Crippen LogP contribution is 2.53. The molecule has 1 aromatic heterocycles. The molecule has 1 aliphatic carbocycles. The molecule has 0 radical (unpaired) electrons. The maximum Gasteiger partial charge on any atom is 0.189 e. The topological polar surface area (TPSA) is 111 Å². The summed E-state index contributed by atoms with van der Waals surface area (Å²) in [5.41, 5.74) is -0.146. The predicted molar refractivity (Wildman–Crippen MR) is 95.7 cm³/mol. The van der Waals surface area contributed by atoms with Crippen molar-refractivity contribution >= 4 is 5.71 Å². The lowest BCUT2D eigenvalue weighted by atomic mass is 9.54. The van der Waals surface area contributed by atoms with Crippen LogP contribution in [-0.4, -0.2) is 34.7 Å². The van der Waals surface area contributed by atoms with Gasteiger partial charge in [0.2, 0.25) is 0 Å². The standard InChI is InChI=1S/C20H20N6/c1-13(2)26-7-5-15-16(8-21)19(24)20(11-22,12-23)18(17(15)10-26)14-4-3-6-25-9-14/h3-6,9,13,16-18,24H,7,10H2,1-2H3/t16?,17-,18-/m0/s1. The van der Waals surface area contributed by atoms with Crippen molar-refractivity contribution < 1.29 is 0 Å². The fourth-order valence-electron chi connectivity index (χ4n) is 4.19. The van der Waals surface area contributed by atoms with E-state index >= 15 is 0 Å². The van der Waals surface area contributed by atoms with Gasteiger partial charge in [0.25, 0.3) is 0 Å². The van der Waals surface area contributed by atoms with E-state index in [1.807, 2.05) is 12.1 Å². The maximum absolute atomic E-state index is 9.95. The molecule has 3 rings (SSSR count). The molecule has 6 nitrogen and oxygen atoms in total. The average molecular weight is 344 g/mol. The molecule has 0 aromatic carbocycles. The number of aromatic nitrogens is 1. The van der Waals surface area contributed by atoms with Crippen LogP contribution in [0.2, 0.25) is 0 Å². The van der Waals surface area contributed by atoms with Crippen LogP contribution in [0.15, 0.2) is 36.2 Å². The van der Waals surface area contributed by atoms with Crippen molar-refractivity contribution in [1.29, 1.82) is 21.2 Å². The summed E-state index contributed by atoms with van der Waals surface area (Å²) >= 11 is 0. The smallest absolute Gasteiger partial charge is 0.189 e. The SMILES string of the molecule is CC(C)N1CC=C2C(C#N)C(=N)C(C#N)(C#N)[C@@H](c3cccnc3)[C@H]2C1. The van der Waals surface area contributed by atoms with Gasteiger partial charge in [0.05, 0.1) is 23.9 Å². The van der Waals surface area contributed by atoms with Crippen LogP contribution < -0.4 is 0 Å². The van der Waals surface area contributed by atoms with E-state index in [0.717, 1.165) is 11.1 Å². The number of rotatable bonds is 2. The molecule has 0 saturated heterocycles. The minimum absolute atomic E-state index is 0.112. The molecule has 6 heteroatoms. The molecule has 0 bridgehead atoms. The lowest BCUT2D eigenvalue weighted by Gasteiger charge is -2.48. The Hall–Kier alpha value is -3.01. The van der Waals surface area contributed by atoms with Gasteiger partial charge in [-0.1, -0.05) is 12.1 Å². The van der Waals surface area contributed by atoms with E-state index in [1.165, 1.54) is 0 Å². The summed E-state index contributed by atoms with van der Waals surface area (Å²) in [6, 6.07) is 10.3. The molecule has 1 N–H and O–H groups in total. The lowest BCUT2D eigenvalue weighted by Crippen LogP contribution is -2.53.